The molecule has 2 heterocycles. The lowest BCUT2D eigenvalue weighted by Crippen LogP contribution is -2.28. The number of nitrogens with zero attached hydrogens (tertiary/aromatic N) is 4. The summed E-state index contributed by atoms with van der Waals surface area (Å²) in [5, 5.41) is 9.34. The summed E-state index contributed by atoms with van der Waals surface area (Å²) in [6, 6.07) is 4.97. The fraction of sp³-hybridized carbons (Fsp3) is 0.421. The Balaban J connectivity index is 2.25. The van der Waals surface area contributed by atoms with Crippen LogP contribution in [0.4, 0.5) is 0 Å². The Kier molecular flexibility index (Phi) is 4.97. The number of hydrogen-bond donors (Lipinski definition) is 1. The van der Waals surface area contributed by atoms with E-state index in [-0.39, 0.29) is 17.3 Å². The van der Waals surface area contributed by atoms with Gasteiger partial charge in [0, 0.05) is 18.8 Å². The van der Waals surface area contributed by atoms with Gasteiger partial charge in [-0.3, -0.25) is 9.13 Å². The van der Waals surface area contributed by atoms with Crippen LogP contribution >= 0.6 is 0 Å². The molecule has 0 saturated carbocycles. The third-order valence-corrected chi connectivity index (χ3v) is 4.98. The molecule has 0 aliphatic heterocycles. The van der Waals surface area contributed by atoms with Crippen molar-refractivity contribution in [1.82, 2.24) is 18.7 Å². The molecule has 0 bridgehead atoms. The minimum absolute atomic E-state index is 0.0815. The molecule has 0 fully saturated rings. The van der Waals surface area contributed by atoms with Gasteiger partial charge in [-0.05, 0) is 38.0 Å². The molecule has 2 aromatic heterocycles. The number of hydrogen-bond acceptors (Lipinski definition) is 3. The van der Waals surface area contributed by atoms with Gasteiger partial charge in [0.15, 0.2) is 0 Å². The zero-order valence-electron chi connectivity index (χ0n) is 15.3. The third kappa shape index (κ3) is 2.94. The molecule has 0 spiro atoms. The van der Waals surface area contributed by atoms with Crippen molar-refractivity contribution in [2.45, 2.75) is 52.7 Å². The predicted octanol–water partition coefficient (Wildman–Crippen LogP) is 3.13. The van der Waals surface area contributed by atoms with Gasteiger partial charge in [0.1, 0.15) is 0 Å². The van der Waals surface area contributed by atoms with Crippen molar-refractivity contribution in [1.29, 1.82) is 0 Å². The van der Waals surface area contributed by atoms with Gasteiger partial charge in [0.05, 0.1) is 35.2 Å². The number of aromatic carboxylic acids is 1. The van der Waals surface area contributed by atoms with E-state index in [2.05, 4.69) is 18.8 Å². The quantitative estimate of drug-likeness (QED) is 0.705. The van der Waals surface area contributed by atoms with E-state index in [0.717, 1.165) is 30.6 Å². The third-order valence-electron chi connectivity index (χ3n) is 4.98. The van der Waals surface area contributed by atoms with E-state index in [0.29, 0.717) is 12.1 Å². The van der Waals surface area contributed by atoms with Crippen molar-refractivity contribution in [3.63, 3.8) is 0 Å². The highest BCUT2D eigenvalue weighted by Crippen LogP contribution is 2.23. The molecule has 26 heavy (non-hydrogen) atoms. The number of benzene rings is 1. The number of aryl methyl sites for hydroxylation is 1. The number of carboxylic acid groups (broad SMARTS) is 1. The molecule has 7 nitrogen and oxygen atoms in total. The summed E-state index contributed by atoms with van der Waals surface area (Å²) in [4.78, 5) is 28.8. The molecule has 0 saturated heterocycles. The van der Waals surface area contributed by atoms with Crippen LogP contribution in [0, 0.1) is 0 Å². The van der Waals surface area contributed by atoms with E-state index >= 15 is 0 Å². The van der Waals surface area contributed by atoms with Crippen LogP contribution in [0.3, 0.4) is 0 Å². The lowest BCUT2D eigenvalue weighted by Gasteiger charge is -2.14. The fourth-order valence-electron chi connectivity index (χ4n) is 3.50. The Bertz CT molecular complexity index is 992. The largest absolute Gasteiger partial charge is 0.478 e. The lowest BCUT2D eigenvalue weighted by molar-refractivity contribution is 0.0697. The first-order valence-corrected chi connectivity index (χ1v) is 8.98. The molecule has 0 unspecified atom stereocenters. The van der Waals surface area contributed by atoms with Gasteiger partial charge in [0.25, 0.3) is 0 Å². The summed E-state index contributed by atoms with van der Waals surface area (Å²) in [5.41, 5.74) is 2.40. The van der Waals surface area contributed by atoms with Gasteiger partial charge in [-0.2, -0.15) is 0 Å². The van der Waals surface area contributed by atoms with E-state index in [1.807, 2.05) is 11.5 Å². The van der Waals surface area contributed by atoms with Crippen LogP contribution in [-0.2, 0) is 13.1 Å². The summed E-state index contributed by atoms with van der Waals surface area (Å²) in [6.07, 6.45) is 5.16. The van der Waals surface area contributed by atoms with Gasteiger partial charge in [-0.25, -0.2) is 14.6 Å². The lowest BCUT2D eigenvalue weighted by atomic mass is 10.1. The normalized spacial score (nSPS) is 11.5. The fourth-order valence-corrected chi connectivity index (χ4v) is 3.50. The van der Waals surface area contributed by atoms with Crippen LogP contribution in [-0.4, -0.2) is 29.8 Å². The SMILES string of the molecule is CCC(CC)n1c(=O)n(Cc2cncn2CC)c2cc(C(=O)O)ccc21. The average molecular weight is 356 g/mol. The molecule has 3 aromatic rings. The monoisotopic (exact) mass is 356 g/mol. The zero-order valence-corrected chi connectivity index (χ0v) is 15.3. The number of carbonyl (C=O) groups is 1. The first kappa shape index (κ1) is 18.0. The number of imidazole rings is 2. The van der Waals surface area contributed by atoms with Crippen molar-refractivity contribution in [2.75, 3.05) is 0 Å². The summed E-state index contributed by atoms with van der Waals surface area (Å²) in [6.45, 7) is 7.25. The highest BCUT2D eigenvalue weighted by Gasteiger charge is 2.20. The van der Waals surface area contributed by atoms with Crippen molar-refractivity contribution in [3.05, 3.63) is 52.5 Å². The van der Waals surface area contributed by atoms with Gasteiger partial charge in [0.2, 0.25) is 0 Å². The average Bonchev–Trinajstić information content (AvgIpc) is 3.20. The second-order valence-corrected chi connectivity index (χ2v) is 6.39. The Hall–Kier alpha value is -2.83. The molecule has 1 N–H and O–H groups in total. The Labute approximate surface area is 151 Å². The maximum absolute atomic E-state index is 13.2. The highest BCUT2D eigenvalue weighted by molar-refractivity contribution is 5.92. The molecule has 0 radical (unpaired) electrons. The van der Waals surface area contributed by atoms with Gasteiger partial charge < -0.3 is 9.67 Å². The minimum atomic E-state index is -1.00. The summed E-state index contributed by atoms with van der Waals surface area (Å²) < 4.78 is 5.44. The topological polar surface area (TPSA) is 82.0 Å². The van der Waals surface area contributed by atoms with Crippen LogP contribution < -0.4 is 5.69 Å². The molecular weight excluding hydrogens is 332 g/mol. The summed E-state index contributed by atoms with van der Waals surface area (Å²) >= 11 is 0. The van der Waals surface area contributed by atoms with Gasteiger partial charge >= 0.3 is 11.7 Å². The van der Waals surface area contributed by atoms with Gasteiger partial charge in [-0.1, -0.05) is 13.8 Å². The number of carboxylic acids is 1. The Morgan fingerprint density at radius 3 is 2.54 bits per heavy atom. The van der Waals surface area contributed by atoms with Crippen LogP contribution in [0.1, 0.15) is 55.7 Å². The molecule has 138 valence electrons. The maximum Gasteiger partial charge on any atom is 0.335 e. The number of fused-ring (bicyclic) bond motifs is 1. The second-order valence-electron chi connectivity index (χ2n) is 6.39. The zero-order chi connectivity index (χ0) is 18.8. The maximum atomic E-state index is 13.2. The Morgan fingerprint density at radius 2 is 1.92 bits per heavy atom. The van der Waals surface area contributed by atoms with Crippen molar-refractivity contribution in [3.8, 4) is 0 Å². The minimum Gasteiger partial charge on any atom is -0.478 e. The van der Waals surface area contributed by atoms with Gasteiger partial charge in [-0.15, -0.1) is 0 Å². The van der Waals surface area contributed by atoms with E-state index in [9.17, 15) is 14.7 Å². The van der Waals surface area contributed by atoms with Crippen LogP contribution in [0.15, 0.2) is 35.5 Å². The molecule has 0 aliphatic carbocycles. The molecule has 0 amide bonds. The molecule has 7 heteroatoms. The molecular formula is C19H24N4O3. The number of rotatable bonds is 7. The summed E-state index contributed by atoms with van der Waals surface area (Å²) in [5.74, 6) is -1.00. The van der Waals surface area contributed by atoms with Crippen LogP contribution in [0.5, 0.6) is 0 Å². The van der Waals surface area contributed by atoms with E-state index < -0.39 is 5.97 Å². The van der Waals surface area contributed by atoms with Crippen molar-refractivity contribution < 1.29 is 9.90 Å². The van der Waals surface area contributed by atoms with E-state index in [1.54, 1.807) is 39.9 Å². The first-order chi connectivity index (χ1) is 12.5. The summed E-state index contributed by atoms with van der Waals surface area (Å²) in [7, 11) is 0. The van der Waals surface area contributed by atoms with Crippen molar-refractivity contribution >= 4 is 17.0 Å². The standard InChI is InChI=1S/C19H24N4O3/c1-4-14(5-2)23-16-8-7-13(18(24)25)9-17(16)22(19(23)26)11-15-10-20-12-21(15)6-3/h7-10,12,14H,4-6,11H2,1-3H3,(H,24,25). The predicted molar refractivity (Wildman–Crippen MR) is 99.8 cm³/mol. The second kappa shape index (κ2) is 7.19. The van der Waals surface area contributed by atoms with Crippen LogP contribution in [0.2, 0.25) is 0 Å². The van der Waals surface area contributed by atoms with Crippen LogP contribution in [0.25, 0.3) is 11.0 Å². The van der Waals surface area contributed by atoms with E-state index in [4.69, 9.17) is 0 Å². The van der Waals surface area contributed by atoms with E-state index in [1.165, 1.54) is 0 Å². The number of aromatic nitrogens is 4. The molecule has 0 atom stereocenters. The first-order valence-electron chi connectivity index (χ1n) is 8.98. The molecule has 1 aromatic carbocycles. The smallest absolute Gasteiger partial charge is 0.335 e. The highest BCUT2D eigenvalue weighted by atomic mass is 16.4. The molecule has 3 rings (SSSR count). The van der Waals surface area contributed by atoms with Crippen molar-refractivity contribution in [2.24, 2.45) is 0 Å². The molecule has 0 aliphatic rings. The Morgan fingerprint density at radius 1 is 1.19 bits per heavy atom.